The smallest absolute Gasteiger partial charge is 0.244 e. The van der Waals surface area contributed by atoms with Gasteiger partial charge in [0.2, 0.25) is 5.95 Å². The van der Waals surface area contributed by atoms with Crippen LogP contribution in [0.5, 0.6) is 11.5 Å². The van der Waals surface area contributed by atoms with Crippen LogP contribution >= 0.6 is 0 Å². The normalized spacial score (nSPS) is 16.4. The van der Waals surface area contributed by atoms with E-state index in [0.717, 1.165) is 30.9 Å². The Morgan fingerprint density at radius 3 is 2.80 bits per heavy atom. The number of nitrogens with zero attached hydrogens (tertiary/aromatic N) is 3. The van der Waals surface area contributed by atoms with Crippen LogP contribution in [0.3, 0.4) is 0 Å². The van der Waals surface area contributed by atoms with Crippen molar-refractivity contribution < 1.29 is 14.2 Å². The summed E-state index contributed by atoms with van der Waals surface area (Å²) in [7, 11) is 1.64. The number of methoxy groups -OCH3 is 1. The summed E-state index contributed by atoms with van der Waals surface area (Å²) in [5, 5.41) is 14.3. The minimum Gasteiger partial charge on any atom is -0.497 e. The van der Waals surface area contributed by atoms with E-state index in [4.69, 9.17) is 14.2 Å². The van der Waals surface area contributed by atoms with Crippen molar-refractivity contribution >= 4 is 11.8 Å². The van der Waals surface area contributed by atoms with Crippen LogP contribution in [0.25, 0.3) is 0 Å². The fourth-order valence-corrected chi connectivity index (χ4v) is 2.49. The summed E-state index contributed by atoms with van der Waals surface area (Å²) in [6, 6.07) is 7.47. The van der Waals surface area contributed by atoms with Crippen LogP contribution in [0.1, 0.15) is 12.8 Å². The highest BCUT2D eigenvalue weighted by atomic mass is 16.5. The third-order valence-electron chi connectivity index (χ3n) is 3.81. The second-order valence-electron chi connectivity index (χ2n) is 5.63. The number of nitrogens with one attached hydrogen (secondary N) is 2. The Labute approximate surface area is 146 Å². The lowest BCUT2D eigenvalue weighted by Crippen LogP contribution is -2.20. The minimum atomic E-state index is 0.234. The van der Waals surface area contributed by atoms with E-state index in [1.165, 1.54) is 0 Å². The van der Waals surface area contributed by atoms with Gasteiger partial charge in [-0.1, -0.05) is 0 Å². The molecule has 0 saturated carbocycles. The van der Waals surface area contributed by atoms with Crippen LogP contribution in [-0.2, 0) is 4.74 Å². The molecule has 3 rings (SSSR count). The van der Waals surface area contributed by atoms with E-state index >= 15 is 0 Å². The van der Waals surface area contributed by atoms with E-state index in [1.54, 1.807) is 13.3 Å². The number of rotatable bonds is 9. The summed E-state index contributed by atoms with van der Waals surface area (Å²) in [6.07, 6.45) is 4.01. The maximum absolute atomic E-state index is 5.66. The lowest BCUT2D eigenvalue weighted by molar-refractivity contribution is 0.120. The number of hydrogen-bond acceptors (Lipinski definition) is 8. The van der Waals surface area contributed by atoms with Gasteiger partial charge in [-0.3, -0.25) is 0 Å². The SMILES string of the molecule is COc1ccc(OCCNc2cnnc(NCC3CCCO3)n2)cc1. The van der Waals surface area contributed by atoms with Crippen molar-refractivity contribution in [2.45, 2.75) is 18.9 Å². The van der Waals surface area contributed by atoms with Gasteiger partial charge in [-0.2, -0.15) is 10.1 Å². The highest BCUT2D eigenvalue weighted by Gasteiger charge is 2.15. The van der Waals surface area contributed by atoms with Crippen LogP contribution in [0.15, 0.2) is 30.5 Å². The fourth-order valence-electron chi connectivity index (χ4n) is 2.49. The molecule has 25 heavy (non-hydrogen) atoms. The van der Waals surface area contributed by atoms with Crippen LogP contribution < -0.4 is 20.1 Å². The molecule has 1 aromatic heterocycles. The molecule has 2 N–H and O–H groups in total. The van der Waals surface area contributed by atoms with Gasteiger partial charge in [0.1, 0.15) is 18.1 Å². The Bertz CT molecular complexity index is 647. The molecule has 0 aliphatic carbocycles. The van der Waals surface area contributed by atoms with Gasteiger partial charge < -0.3 is 24.8 Å². The Morgan fingerprint density at radius 2 is 2.04 bits per heavy atom. The van der Waals surface area contributed by atoms with E-state index in [9.17, 15) is 0 Å². The van der Waals surface area contributed by atoms with Gasteiger partial charge in [0.25, 0.3) is 0 Å². The van der Waals surface area contributed by atoms with Crippen LogP contribution in [-0.4, -0.2) is 54.7 Å². The first-order valence-corrected chi connectivity index (χ1v) is 8.39. The molecule has 1 atom stereocenters. The molecular weight excluding hydrogens is 322 g/mol. The number of ether oxygens (including phenoxy) is 3. The molecule has 0 bridgehead atoms. The Balaban J connectivity index is 1.39. The van der Waals surface area contributed by atoms with Gasteiger partial charge in [0.15, 0.2) is 5.82 Å². The standard InChI is InChI=1S/C17H23N5O3/c1-23-13-4-6-14(7-5-13)25-10-8-18-16-12-20-22-17(21-16)19-11-15-3-2-9-24-15/h4-7,12,15H,2-3,8-11H2,1H3,(H2,18,19,21,22). The van der Waals surface area contributed by atoms with Crippen LogP contribution in [0.4, 0.5) is 11.8 Å². The fraction of sp³-hybridized carbons (Fsp3) is 0.471. The van der Waals surface area contributed by atoms with Gasteiger partial charge >= 0.3 is 0 Å². The molecule has 8 heteroatoms. The summed E-state index contributed by atoms with van der Waals surface area (Å²) in [6.45, 7) is 2.65. The van der Waals surface area contributed by atoms with Crippen molar-refractivity contribution in [3.63, 3.8) is 0 Å². The molecule has 1 saturated heterocycles. The Morgan fingerprint density at radius 1 is 1.20 bits per heavy atom. The predicted octanol–water partition coefficient (Wildman–Crippen LogP) is 1.96. The van der Waals surface area contributed by atoms with Crippen molar-refractivity contribution in [3.05, 3.63) is 30.5 Å². The maximum atomic E-state index is 5.66. The zero-order valence-electron chi connectivity index (χ0n) is 14.3. The second kappa shape index (κ2) is 9.03. The van der Waals surface area contributed by atoms with E-state index in [1.807, 2.05) is 24.3 Å². The molecule has 2 aromatic rings. The molecule has 1 aromatic carbocycles. The maximum Gasteiger partial charge on any atom is 0.244 e. The Hall–Kier alpha value is -2.61. The lowest BCUT2D eigenvalue weighted by Gasteiger charge is -2.11. The third-order valence-corrected chi connectivity index (χ3v) is 3.81. The second-order valence-corrected chi connectivity index (χ2v) is 5.63. The van der Waals surface area contributed by atoms with Gasteiger partial charge in [0.05, 0.1) is 26.0 Å². The van der Waals surface area contributed by atoms with Crippen molar-refractivity contribution in [3.8, 4) is 11.5 Å². The summed E-state index contributed by atoms with van der Waals surface area (Å²) in [5.41, 5.74) is 0. The molecule has 2 heterocycles. The molecule has 8 nitrogen and oxygen atoms in total. The van der Waals surface area contributed by atoms with Gasteiger partial charge in [-0.25, -0.2) is 0 Å². The minimum absolute atomic E-state index is 0.234. The molecular formula is C17H23N5O3. The summed E-state index contributed by atoms with van der Waals surface area (Å²) in [4.78, 5) is 4.38. The highest BCUT2D eigenvalue weighted by molar-refractivity contribution is 5.37. The average Bonchev–Trinajstić information content (AvgIpc) is 3.18. The van der Waals surface area contributed by atoms with E-state index in [2.05, 4.69) is 25.8 Å². The highest BCUT2D eigenvalue weighted by Crippen LogP contribution is 2.17. The molecule has 0 spiro atoms. The number of aromatic nitrogens is 3. The molecule has 0 amide bonds. The zero-order chi connectivity index (χ0) is 17.3. The molecule has 0 radical (unpaired) electrons. The quantitative estimate of drug-likeness (QED) is 0.667. The first-order valence-electron chi connectivity index (χ1n) is 8.39. The molecule has 1 unspecified atom stereocenters. The first kappa shape index (κ1) is 17.2. The predicted molar refractivity (Wildman–Crippen MR) is 94.3 cm³/mol. The van der Waals surface area contributed by atoms with Crippen molar-refractivity contribution in [2.24, 2.45) is 0 Å². The summed E-state index contributed by atoms with van der Waals surface area (Å²) >= 11 is 0. The van der Waals surface area contributed by atoms with Crippen molar-refractivity contribution in [2.75, 3.05) is 44.0 Å². The van der Waals surface area contributed by atoms with Gasteiger partial charge in [0, 0.05) is 13.2 Å². The topological polar surface area (TPSA) is 90.4 Å². The first-order chi connectivity index (χ1) is 12.3. The van der Waals surface area contributed by atoms with Crippen molar-refractivity contribution in [1.82, 2.24) is 15.2 Å². The summed E-state index contributed by atoms with van der Waals surface area (Å²) in [5.74, 6) is 2.75. The van der Waals surface area contributed by atoms with E-state index in [-0.39, 0.29) is 6.10 Å². The number of anilines is 2. The molecule has 1 aliphatic rings. The van der Waals surface area contributed by atoms with Gasteiger partial charge in [-0.15, -0.1) is 5.10 Å². The zero-order valence-corrected chi connectivity index (χ0v) is 14.3. The average molecular weight is 345 g/mol. The van der Waals surface area contributed by atoms with Crippen molar-refractivity contribution in [1.29, 1.82) is 0 Å². The van der Waals surface area contributed by atoms with E-state index in [0.29, 0.717) is 31.5 Å². The summed E-state index contributed by atoms with van der Waals surface area (Å²) < 4.78 is 16.3. The molecule has 134 valence electrons. The largest absolute Gasteiger partial charge is 0.497 e. The number of benzene rings is 1. The van der Waals surface area contributed by atoms with Crippen LogP contribution in [0, 0.1) is 0 Å². The third kappa shape index (κ3) is 5.46. The monoisotopic (exact) mass is 345 g/mol. The molecule has 1 aliphatic heterocycles. The molecule has 1 fully saturated rings. The van der Waals surface area contributed by atoms with Crippen LogP contribution in [0.2, 0.25) is 0 Å². The van der Waals surface area contributed by atoms with E-state index < -0.39 is 0 Å². The van der Waals surface area contributed by atoms with Gasteiger partial charge in [-0.05, 0) is 37.1 Å². The Kier molecular flexibility index (Phi) is 6.22. The lowest BCUT2D eigenvalue weighted by atomic mass is 10.2. The number of hydrogen-bond donors (Lipinski definition) is 2.